The number of rotatable bonds is 0. The Hall–Kier alpha value is -1.12. The van der Waals surface area contributed by atoms with Crippen LogP contribution in [0.1, 0.15) is 12.2 Å². The lowest BCUT2D eigenvalue weighted by atomic mass is 10.2. The summed E-state index contributed by atoms with van der Waals surface area (Å²) in [5.74, 6) is 0.844. The molecule has 1 heterocycles. The van der Waals surface area contributed by atoms with Crippen LogP contribution in [-0.4, -0.2) is 16.1 Å². The quantitative estimate of drug-likeness (QED) is 0.558. The molecule has 0 bridgehead atoms. The first-order valence-corrected chi connectivity index (χ1v) is 3.64. The van der Waals surface area contributed by atoms with Gasteiger partial charge in [-0.05, 0) is 13.0 Å². The van der Waals surface area contributed by atoms with Gasteiger partial charge in [-0.25, -0.2) is 9.37 Å². The van der Waals surface area contributed by atoms with Crippen molar-refractivity contribution in [2.24, 2.45) is 0 Å². The molecule has 0 spiro atoms. The number of fused-ring (bicyclic) bond motifs is 1. The predicted octanol–water partition coefficient (Wildman–Crippen LogP) is 0.0209. The molecule has 11 heavy (non-hydrogen) atoms. The SMILES string of the molecule is Cc1nc2c([nH]1)=CC(F)CC=2. The summed E-state index contributed by atoms with van der Waals surface area (Å²) in [7, 11) is 0. The largest absolute Gasteiger partial charge is 0.342 e. The lowest BCUT2D eigenvalue weighted by Gasteiger charge is -1.98. The Morgan fingerprint density at radius 1 is 1.73 bits per heavy atom. The molecular formula is C8H9FN2. The second kappa shape index (κ2) is 2.19. The minimum atomic E-state index is -0.845. The van der Waals surface area contributed by atoms with Crippen LogP contribution in [0.25, 0.3) is 12.2 Å². The highest BCUT2D eigenvalue weighted by Gasteiger charge is 2.06. The molecule has 1 aromatic heterocycles. The molecule has 0 aliphatic heterocycles. The van der Waals surface area contributed by atoms with Crippen LogP contribution in [0.4, 0.5) is 4.39 Å². The number of nitrogens with one attached hydrogen (secondary N) is 1. The number of hydrogen-bond donors (Lipinski definition) is 1. The van der Waals surface area contributed by atoms with Crippen LogP contribution < -0.4 is 10.7 Å². The van der Waals surface area contributed by atoms with Gasteiger partial charge in [0.1, 0.15) is 12.0 Å². The van der Waals surface area contributed by atoms with Gasteiger partial charge in [-0.3, -0.25) is 0 Å². The minimum absolute atomic E-state index is 0.456. The summed E-state index contributed by atoms with van der Waals surface area (Å²) in [5.41, 5.74) is 0. The lowest BCUT2D eigenvalue weighted by Crippen LogP contribution is -2.29. The molecule has 58 valence electrons. The summed E-state index contributed by atoms with van der Waals surface area (Å²) >= 11 is 0. The van der Waals surface area contributed by atoms with Crippen LogP contribution in [-0.2, 0) is 0 Å². The first-order valence-electron chi connectivity index (χ1n) is 3.64. The number of hydrogen-bond acceptors (Lipinski definition) is 1. The molecule has 0 saturated heterocycles. The predicted molar refractivity (Wildman–Crippen MR) is 41.0 cm³/mol. The van der Waals surface area contributed by atoms with Crippen molar-refractivity contribution in [2.75, 3.05) is 0 Å². The molecule has 1 unspecified atom stereocenters. The summed E-state index contributed by atoms with van der Waals surface area (Å²) in [4.78, 5) is 7.17. The zero-order valence-corrected chi connectivity index (χ0v) is 6.26. The van der Waals surface area contributed by atoms with Crippen molar-refractivity contribution >= 4 is 12.2 Å². The van der Waals surface area contributed by atoms with Crippen molar-refractivity contribution in [2.45, 2.75) is 19.5 Å². The van der Waals surface area contributed by atoms with E-state index >= 15 is 0 Å². The van der Waals surface area contributed by atoms with Crippen molar-refractivity contribution < 1.29 is 4.39 Å². The summed E-state index contributed by atoms with van der Waals surface area (Å²) in [6.45, 7) is 1.87. The second-order valence-corrected chi connectivity index (χ2v) is 2.74. The number of aryl methyl sites for hydroxylation is 1. The Balaban J connectivity index is 2.72. The van der Waals surface area contributed by atoms with Crippen molar-refractivity contribution in [3.63, 3.8) is 0 Å². The molecule has 0 amide bonds. The molecule has 0 fully saturated rings. The van der Waals surface area contributed by atoms with E-state index < -0.39 is 6.17 Å². The third-order valence-corrected chi connectivity index (χ3v) is 1.76. The van der Waals surface area contributed by atoms with E-state index in [1.807, 2.05) is 13.0 Å². The smallest absolute Gasteiger partial charge is 0.124 e. The van der Waals surface area contributed by atoms with Gasteiger partial charge in [0.15, 0.2) is 0 Å². The molecule has 1 atom stereocenters. The monoisotopic (exact) mass is 152 g/mol. The highest BCUT2D eigenvalue weighted by atomic mass is 19.1. The normalized spacial score (nSPS) is 21.8. The summed E-state index contributed by atoms with van der Waals surface area (Å²) < 4.78 is 12.7. The fraction of sp³-hybridized carbons (Fsp3) is 0.375. The van der Waals surface area contributed by atoms with Crippen LogP contribution in [0.3, 0.4) is 0 Å². The van der Waals surface area contributed by atoms with E-state index in [0.29, 0.717) is 6.42 Å². The van der Waals surface area contributed by atoms with Gasteiger partial charge in [-0.2, -0.15) is 0 Å². The summed E-state index contributed by atoms with van der Waals surface area (Å²) in [6.07, 6.45) is 3.01. The fourth-order valence-electron chi connectivity index (χ4n) is 1.28. The third-order valence-electron chi connectivity index (χ3n) is 1.76. The standard InChI is InChI=1S/C8H9FN2/c1-5-10-7-3-2-6(9)4-8(7)11-5/h3-4,6H,2H2,1H3,(H,10,11). The van der Waals surface area contributed by atoms with E-state index in [9.17, 15) is 4.39 Å². The van der Waals surface area contributed by atoms with Gasteiger partial charge in [0.05, 0.1) is 10.7 Å². The second-order valence-electron chi connectivity index (χ2n) is 2.74. The molecular weight excluding hydrogens is 143 g/mol. The van der Waals surface area contributed by atoms with E-state index in [4.69, 9.17) is 0 Å². The summed E-state index contributed by atoms with van der Waals surface area (Å²) in [6, 6.07) is 0. The van der Waals surface area contributed by atoms with Crippen LogP contribution in [0.5, 0.6) is 0 Å². The lowest BCUT2D eigenvalue weighted by molar-refractivity contribution is 0.427. The van der Waals surface area contributed by atoms with Gasteiger partial charge in [-0.15, -0.1) is 0 Å². The number of halogens is 1. The Labute approximate surface area is 63.5 Å². The number of H-pyrrole nitrogens is 1. The Morgan fingerprint density at radius 3 is 3.36 bits per heavy atom. The third kappa shape index (κ3) is 1.06. The van der Waals surface area contributed by atoms with Crippen LogP contribution in [0.15, 0.2) is 0 Å². The molecule has 3 heteroatoms. The van der Waals surface area contributed by atoms with Crippen molar-refractivity contribution in [1.29, 1.82) is 0 Å². The molecule has 2 rings (SSSR count). The first kappa shape index (κ1) is 6.58. The molecule has 2 nitrogen and oxygen atoms in total. The van der Waals surface area contributed by atoms with Gasteiger partial charge >= 0.3 is 0 Å². The van der Waals surface area contributed by atoms with Crippen LogP contribution >= 0.6 is 0 Å². The minimum Gasteiger partial charge on any atom is -0.342 e. The fourth-order valence-corrected chi connectivity index (χ4v) is 1.28. The van der Waals surface area contributed by atoms with Gasteiger partial charge in [0.2, 0.25) is 0 Å². The average molecular weight is 152 g/mol. The van der Waals surface area contributed by atoms with E-state index in [1.165, 1.54) is 0 Å². The Kier molecular flexibility index (Phi) is 1.31. The van der Waals surface area contributed by atoms with E-state index in [0.717, 1.165) is 16.5 Å². The van der Waals surface area contributed by atoms with Gasteiger partial charge in [-0.1, -0.05) is 6.08 Å². The maximum Gasteiger partial charge on any atom is 0.124 e. The Bertz CT molecular complexity index is 377. The van der Waals surface area contributed by atoms with E-state index in [1.54, 1.807) is 6.08 Å². The Morgan fingerprint density at radius 2 is 2.55 bits per heavy atom. The van der Waals surface area contributed by atoms with Crippen molar-refractivity contribution in [1.82, 2.24) is 9.97 Å². The van der Waals surface area contributed by atoms with E-state index in [2.05, 4.69) is 9.97 Å². The maximum absolute atomic E-state index is 12.7. The van der Waals surface area contributed by atoms with Crippen LogP contribution in [0, 0.1) is 6.92 Å². The number of alkyl halides is 1. The van der Waals surface area contributed by atoms with E-state index in [-0.39, 0.29) is 0 Å². The molecule has 1 aliphatic rings. The topological polar surface area (TPSA) is 28.7 Å². The highest BCUT2D eigenvalue weighted by Crippen LogP contribution is 2.01. The van der Waals surface area contributed by atoms with Crippen molar-refractivity contribution in [3.05, 3.63) is 16.5 Å². The van der Waals surface area contributed by atoms with Crippen LogP contribution in [0.2, 0.25) is 0 Å². The molecule has 1 N–H and O–H groups in total. The van der Waals surface area contributed by atoms with Gasteiger partial charge in [0.25, 0.3) is 0 Å². The molecule has 0 saturated carbocycles. The number of imidazole rings is 1. The van der Waals surface area contributed by atoms with Crippen molar-refractivity contribution in [3.8, 4) is 0 Å². The van der Waals surface area contributed by atoms with Gasteiger partial charge in [0, 0.05) is 6.42 Å². The zero-order chi connectivity index (χ0) is 7.84. The first-order chi connectivity index (χ1) is 5.25. The molecule has 0 radical (unpaired) electrons. The molecule has 1 aliphatic carbocycles. The van der Waals surface area contributed by atoms with Gasteiger partial charge < -0.3 is 4.98 Å². The zero-order valence-electron chi connectivity index (χ0n) is 6.26. The number of nitrogens with zero attached hydrogens (tertiary/aromatic N) is 1. The average Bonchev–Trinajstić information content (AvgIpc) is 2.27. The summed E-state index contributed by atoms with van der Waals surface area (Å²) in [5, 5.41) is 1.71. The number of aromatic amines is 1. The molecule has 0 aromatic carbocycles. The molecule has 1 aromatic rings. The maximum atomic E-state index is 12.7. The highest BCUT2D eigenvalue weighted by molar-refractivity contribution is 5.37. The number of aromatic nitrogens is 2.